The number of aromatic nitrogens is 8. The third-order valence-corrected chi connectivity index (χ3v) is 24.4. The van der Waals surface area contributed by atoms with Gasteiger partial charge in [0.05, 0.1) is 22.1 Å². The molecule has 0 saturated carbocycles. The van der Waals surface area contributed by atoms with Gasteiger partial charge in [0.1, 0.15) is 22.3 Å². The zero-order chi connectivity index (χ0) is 74.9. The smallest absolute Gasteiger partial charge is 0.164 e. The van der Waals surface area contributed by atoms with Crippen molar-refractivity contribution in [1.82, 2.24) is 39.0 Å². The minimum Gasteiger partial charge on any atom is -0.456 e. The van der Waals surface area contributed by atoms with E-state index in [-0.39, 0.29) is 0 Å². The molecule has 24 aromatic rings. The molecule has 532 valence electrons. The molecular weight excluding hydrogens is 1430 g/mol. The molecule has 0 aliphatic carbocycles. The summed E-state index contributed by atoms with van der Waals surface area (Å²) in [5.41, 5.74) is 20.0. The fourth-order valence-electron chi connectivity index (χ4n) is 16.8. The number of hydrogen-bond acceptors (Lipinski definition) is 10. The van der Waals surface area contributed by atoms with Crippen molar-refractivity contribution in [2.24, 2.45) is 0 Å². The molecule has 114 heavy (non-hydrogen) atoms. The van der Waals surface area contributed by atoms with Crippen molar-refractivity contribution in [2.45, 2.75) is 0 Å². The molecule has 24 rings (SSSR count). The number of hydrogen-bond donors (Lipinski definition) is 0. The van der Waals surface area contributed by atoms with Gasteiger partial charge in [-0.05, 0) is 125 Å². The van der Waals surface area contributed by atoms with Gasteiger partial charge in [-0.1, -0.05) is 261 Å². The van der Waals surface area contributed by atoms with Gasteiger partial charge in [0, 0.05) is 128 Å². The van der Waals surface area contributed by atoms with E-state index in [1.54, 1.807) is 22.7 Å². The number of nitrogens with zero attached hydrogens (tertiary/aromatic N) is 8. The first-order valence-electron chi connectivity index (χ1n) is 38.0. The van der Waals surface area contributed by atoms with Crippen LogP contribution in [0.15, 0.2) is 373 Å². The maximum atomic E-state index is 6.68. The van der Waals surface area contributed by atoms with Crippen molar-refractivity contribution >= 4 is 151 Å². The molecular formula is C102H60N8O2S2. The van der Waals surface area contributed by atoms with E-state index in [1.165, 1.54) is 51.1 Å². The monoisotopic (exact) mass is 1490 g/mol. The van der Waals surface area contributed by atoms with Crippen LogP contribution in [0.3, 0.4) is 0 Å². The van der Waals surface area contributed by atoms with E-state index < -0.39 is 0 Å². The van der Waals surface area contributed by atoms with Gasteiger partial charge in [-0.25, -0.2) is 29.9 Å². The van der Waals surface area contributed by atoms with Crippen molar-refractivity contribution in [2.75, 3.05) is 0 Å². The van der Waals surface area contributed by atoms with E-state index >= 15 is 0 Å². The van der Waals surface area contributed by atoms with Crippen LogP contribution in [-0.2, 0) is 0 Å². The number of furan rings is 2. The Labute approximate surface area is 659 Å². The second kappa shape index (κ2) is 26.5. The van der Waals surface area contributed by atoms with Crippen LogP contribution in [0.4, 0.5) is 0 Å². The van der Waals surface area contributed by atoms with Gasteiger partial charge >= 0.3 is 0 Å². The second-order valence-corrected chi connectivity index (χ2v) is 31.0. The summed E-state index contributed by atoms with van der Waals surface area (Å²) >= 11 is 3.58. The number of para-hydroxylation sites is 4. The van der Waals surface area contributed by atoms with Crippen molar-refractivity contribution in [3.63, 3.8) is 0 Å². The lowest BCUT2D eigenvalue weighted by Gasteiger charge is -2.11. The highest BCUT2D eigenvalue weighted by Crippen LogP contribution is 2.46. The molecule has 16 aromatic carbocycles. The first-order chi connectivity index (χ1) is 56.5. The Morgan fingerprint density at radius 1 is 0.193 bits per heavy atom. The summed E-state index contributed by atoms with van der Waals surface area (Å²) in [5, 5.41) is 13.6. The lowest BCUT2D eigenvalue weighted by atomic mass is 10.0. The van der Waals surface area contributed by atoms with Crippen LogP contribution in [0.5, 0.6) is 0 Å². The van der Waals surface area contributed by atoms with E-state index in [4.69, 9.17) is 38.7 Å². The summed E-state index contributed by atoms with van der Waals surface area (Å²) in [6.07, 6.45) is 0. The molecule has 0 unspecified atom stereocenters. The molecule has 10 nitrogen and oxygen atoms in total. The molecule has 0 radical (unpaired) electrons. The van der Waals surface area contributed by atoms with Crippen LogP contribution in [0.25, 0.3) is 230 Å². The summed E-state index contributed by atoms with van der Waals surface area (Å²) in [6, 6.07) is 128. The molecule has 0 bridgehead atoms. The molecule has 0 amide bonds. The summed E-state index contributed by atoms with van der Waals surface area (Å²) < 4.78 is 23.0. The number of fused-ring (bicyclic) bond motifs is 18. The highest BCUT2D eigenvalue weighted by Gasteiger charge is 2.25. The molecule has 0 saturated heterocycles. The van der Waals surface area contributed by atoms with E-state index in [0.717, 1.165) is 144 Å². The van der Waals surface area contributed by atoms with Gasteiger partial charge in [0.2, 0.25) is 0 Å². The predicted octanol–water partition coefficient (Wildman–Crippen LogP) is 27.8. The van der Waals surface area contributed by atoms with Crippen molar-refractivity contribution < 1.29 is 8.83 Å². The van der Waals surface area contributed by atoms with E-state index in [2.05, 4.69) is 337 Å². The molecule has 8 heterocycles. The van der Waals surface area contributed by atoms with E-state index in [0.29, 0.717) is 34.9 Å². The van der Waals surface area contributed by atoms with E-state index in [9.17, 15) is 0 Å². The lowest BCUT2D eigenvalue weighted by molar-refractivity contribution is 0.669. The van der Waals surface area contributed by atoms with Crippen LogP contribution in [0, 0.1) is 0 Å². The van der Waals surface area contributed by atoms with Gasteiger partial charge < -0.3 is 18.0 Å². The maximum absolute atomic E-state index is 6.68. The summed E-state index contributed by atoms with van der Waals surface area (Å²) in [4.78, 5) is 31.4. The average Bonchev–Trinajstić information content (AvgIpc) is 1.56. The van der Waals surface area contributed by atoms with Crippen molar-refractivity contribution in [1.29, 1.82) is 0 Å². The minimum atomic E-state index is 0.591. The Morgan fingerprint density at radius 2 is 0.535 bits per heavy atom. The fourth-order valence-corrected chi connectivity index (χ4v) is 19.1. The standard InChI is InChI=1S/2C51H30N4OS/c1-3-13-31(14-4-1)32-15-11-16-33(27-32)49-52-50(34-25-26-38-37-20-8-10-24-46(37)57-47(38)28-34)54-51(53-49)39-21-12-23-44-48(39)41-29-43-40(30-45(41)56-44)36-19-7-9-22-42(36)55(43)35-17-5-2-6-18-35;1-3-12-31(13-4-1)32-22-24-33(25-23-32)49-52-50(34-26-27-38-37-17-8-10-21-46(37)57-47(38)28-34)54-51(53-49)39-18-11-20-44-48(39)41-29-43-40(30-45(41)56-44)36-16-7-9-19-42(36)55(43)35-14-5-2-6-15-35/h2*1-30H. The highest BCUT2D eigenvalue weighted by atomic mass is 32.1. The van der Waals surface area contributed by atoms with Crippen LogP contribution in [0.1, 0.15) is 0 Å². The van der Waals surface area contributed by atoms with Crippen LogP contribution in [-0.4, -0.2) is 39.0 Å². The summed E-state index contributed by atoms with van der Waals surface area (Å²) in [6.45, 7) is 0. The van der Waals surface area contributed by atoms with Crippen LogP contribution in [0.2, 0.25) is 0 Å². The van der Waals surface area contributed by atoms with Crippen molar-refractivity contribution in [3.8, 4) is 102 Å². The fraction of sp³-hybridized carbons (Fsp3) is 0. The number of benzene rings is 16. The van der Waals surface area contributed by atoms with Crippen LogP contribution < -0.4 is 0 Å². The predicted molar refractivity (Wildman–Crippen MR) is 472 cm³/mol. The zero-order valence-electron chi connectivity index (χ0n) is 60.9. The lowest BCUT2D eigenvalue weighted by Crippen LogP contribution is -2.00. The van der Waals surface area contributed by atoms with Gasteiger partial charge in [0.15, 0.2) is 34.9 Å². The molecule has 0 N–H and O–H groups in total. The van der Waals surface area contributed by atoms with Crippen LogP contribution >= 0.6 is 22.7 Å². The molecule has 12 heteroatoms. The summed E-state index contributed by atoms with van der Waals surface area (Å²) in [7, 11) is 0. The van der Waals surface area contributed by atoms with Gasteiger partial charge in [-0.15, -0.1) is 22.7 Å². The van der Waals surface area contributed by atoms with E-state index in [1.807, 2.05) is 36.4 Å². The number of rotatable bonds is 10. The van der Waals surface area contributed by atoms with Gasteiger partial charge in [-0.2, -0.15) is 0 Å². The molecule has 0 aliphatic heterocycles. The first-order valence-corrected chi connectivity index (χ1v) is 39.7. The number of thiophene rings is 2. The third-order valence-electron chi connectivity index (χ3n) is 22.1. The molecule has 0 spiro atoms. The first kappa shape index (κ1) is 65.1. The topological polar surface area (TPSA) is 113 Å². The summed E-state index contributed by atoms with van der Waals surface area (Å²) in [5.74, 6) is 3.65. The normalized spacial score (nSPS) is 11.9. The van der Waals surface area contributed by atoms with Gasteiger partial charge in [-0.3, -0.25) is 0 Å². The largest absolute Gasteiger partial charge is 0.456 e. The second-order valence-electron chi connectivity index (χ2n) is 28.8. The SMILES string of the molecule is c1ccc(-c2ccc(-c3nc(-c4ccc5c(c4)sc4ccccc45)nc(-c4cccc5oc6cc7c8ccccc8n(-c8ccccc8)c7cc6c45)n3)cc2)cc1.c1ccc(-c2cccc(-c3nc(-c4ccc5c(c4)sc4ccccc45)nc(-c4cccc5oc6cc7c8ccccc8n(-c8ccccc8)c7cc6c45)n3)c2)cc1. The molecule has 8 aromatic heterocycles. The van der Waals surface area contributed by atoms with Gasteiger partial charge in [0.25, 0.3) is 0 Å². The molecule has 0 fully saturated rings. The van der Waals surface area contributed by atoms with Crippen molar-refractivity contribution in [3.05, 3.63) is 364 Å². The Bertz CT molecular complexity index is 7980. The Kier molecular flexibility index (Phi) is 15.1. The quantitative estimate of drug-likeness (QED) is 0.133. The average molecular weight is 1490 g/mol. The Morgan fingerprint density at radius 3 is 1.02 bits per heavy atom. The highest BCUT2D eigenvalue weighted by molar-refractivity contribution is 7.26. The maximum Gasteiger partial charge on any atom is 0.164 e. The third kappa shape index (κ3) is 10.9. The molecule has 0 aliphatic rings. The Balaban J connectivity index is 0.000000135. The Hall–Kier alpha value is -14.8. The molecule has 0 atom stereocenters. The zero-order valence-corrected chi connectivity index (χ0v) is 62.5. The minimum absolute atomic E-state index is 0.591.